The molecule has 21 heavy (non-hydrogen) atoms. The maximum atomic E-state index is 10.8. The molecule has 1 unspecified atom stereocenters. The number of hydrogen-bond donors (Lipinski definition) is 1. The molecule has 112 valence electrons. The number of guanidine groups is 1. The highest BCUT2D eigenvalue weighted by Gasteiger charge is 2.41. The number of nitrogens with zero attached hydrogens (tertiary/aromatic N) is 5. The number of rotatable bonds is 4. The molecule has 0 spiro atoms. The highest BCUT2D eigenvalue weighted by Crippen LogP contribution is 2.37. The van der Waals surface area contributed by atoms with Gasteiger partial charge in [0.15, 0.2) is 5.03 Å². The molecule has 0 amide bonds. The van der Waals surface area contributed by atoms with Crippen molar-refractivity contribution in [2.75, 3.05) is 19.9 Å². The van der Waals surface area contributed by atoms with E-state index in [1.54, 1.807) is 6.20 Å². The zero-order valence-corrected chi connectivity index (χ0v) is 12.2. The number of aliphatic imine (C=N–C) groups is 2. The highest BCUT2D eigenvalue weighted by molar-refractivity contribution is 6.70. The van der Waals surface area contributed by atoms with E-state index in [0.29, 0.717) is 18.5 Å². The molecule has 0 saturated heterocycles. The Hall–Kier alpha value is -1.93. The molecule has 8 nitrogen and oxygen atoms in total. The third-order valence-electron chi connectivity index (χ3n) is 3.59. The Balaban J connectivity index is 1.83. The first-order valence-corrected chi connectivity index (χ1v) is 7.07. The average Bonchev–Trinajstić information content (AvgIpc) is 2.41. The lowest BCUT2D eigenvalue weighted by molar-refractivity contribution is -0.526. The lowest BCUT2D eigenvalue weighted by Crippen LogP contribution is -2.59. The van der Waals surface area contributed by atoms with Gasteiger partial charge in [0, 0.05) is 18.3 Å². The Bertz CT molecular complexity index is 594. The molecule has 2 bridgehead atoms. The third-order valence-corrected chi connectivity index (χ3v) is 3.90. The van der Waals surface area contributed by atoms with E-state index in [9.17, 15) is 10.1 Å². The second-order valence-electron chi connectivity index (χ2n) is 5.05. The molecule has 0 aromatic rings. The predicted molar refractivity (Wildman–Crippen MR) is 79.4 cm³/mol. The Morgan fingerprint density at radius 2 is 2.43 bits per heavy atom. The first-order chi connectivity index (χ1) is 10.1. The van der Waals surface area contributed by atoms with Gasteiger partial charge in [-0.15, -0.1) is 0 Å². The predicted octanol–water partition coefficient (Wildman–Crippen LogP) is 0.910. The molecule has 0 fully saturated rings. The summed E-state index contributed by atoms with van der Waals surface area (Å²) in [4.78, 5) is 23.1. The number of hydrogen-bond acceptors (Lipinski definition) is 6. The molecule has 1 atom stereocenters. The zero-order chi connectivity index (χ0) is 15.0. The third kappa shape index (κ3) is 2.52. The minimum Gasteiger partial charge on any atom is -0.314 e. The summed E-state index contributed by atoms with van der Waals surface area (Å²) in [5, 5.41) is 10.6. The van der Waals surface area contributed by atoms with Crippen LogP contribution in [0.15, 0.2) is 33.4 Å². The molecule has 0 radical (unpaired) electrons. The zero-order valence-electron chi connectivity index (χ0n) is 11.5. The number of halogens is 1. The molecule has 0 aromatic heterocycles. The molecule has 9 heteroatoms. The molecule has 1 N–H and O–H groups in total. The van der Waals surface area contributed by atoms with Crippen molar-refractivity contribution < 1.29 is 5.03 Å². The number of hydrazine groups is 1. The number of nitro groups is 1. The van der Waals surface area contributed by atoms with E-state index >= 15 is 0 Å². The van der Waals surface area contributed by atoms with Crippen molar-refractivity contribution in [2.24, 2.45) is 9.98 Å². The summed E-state index contributed by atoms with van der Waals surface area (Å²) >= 11 is 6.07. The summed E-state index contributed by atoms with van der Waals surface area (Å²) in [6.07, 6.45) is 4.64. The van der Waals surface area contributed by atoms with Gasteiger partial charge >= 0.3 is 0 Å². The molecular weight excluding hydrogens is 296 g/mol. The largest absolute Gasteiger partial charge is 0.314 e. The second kappa shape index (κ2) is 5.45. The molecule has 0 saturated carbocycles. The van der Waals surface area contributed by atoms with Crippen LogP contribution >= 0.6 is 11.6 Å². The van der Waals surface area contributed by atoms with Crippen molar-refractivity contribution in [1.29, 1.82) is 0 Å². The van der Waals surface area contributed by atoms with Gasteiger partial charge in [-0.3, -0.25) is 4.90 Å². The Kier molecular flexibility index (Phi) is 3.64. The summed E-state index contributed by atoms with van der Waals surface area (Å²) < 4.78 is 0. The van der Waals surface area contributed by atoms with E-state index < -0.39 is 5.03 Å². The van der Waals surface area contributed by atoms with Crippen LogP contribution in [0, 0.1) is 10.1 Å². The van der Waals surface area contributed by atoms with E-state index in [-0.39, 0.29) is 12.0 Å². The summed E-state index contributed by atoms with van der Waals surface area (Å²) in [5.74, 6) is 0.264. The van der Waals surface area contributed by atoms with Crippen LogP contribution in [0.1, 0.15) is 13.3 Å². The van der Waals surface area contributed by atoms with Crippen molar-refractivity contribution in [3.63, 3.8) is 0 Å². The molecule has 2 heterocycles. The number of nitrogens with one attached hydrogen (secondary N) is 1. The van der Waals surface area contributed by atoms with Crippen LogP contribution in [-0.4, -0.2) is 51.9 Å². The van der Waals surface area contributed by atoms with Crippen molar-refractivity contribution in [3.8, 4) is 0 Å². The second-order valence-corrected chi connectivity index (χ2v) is 5.41. The lowest BCUT2D eigenvalue weighted by atomic mass is 9.84. The van der Waals surface area contributed by atoms with Gasteiger partial charge in [-0.1, -0.05) is 24.0 Å². The maximum absolute atomic E-state index is 10.8. The summed E-state index contributed by atoms with van der Waals surface area (Å²) in [5.41, 5.74) is 4.05. The van der Waals surface area contributed by atoms with E-state index in [0.717, 1.165) is 24.1 Å². The van der Waals surface area contributed by atoms with Crippen LogP contribution in [0.25, 0.3) is 0 Å². The fourth-order valence-corrected chi connectivity index (χ4v) is 2.89. The van der Waals surface area contributed by atoms with Crippen LogP contribution in [0.2, 0.25) is 0 Å². The minimum atomic E-state index is -0.589. The summed E-state index contributed by atoms with van der Waals surface area (Å²) in [7, 11) is 0. The average molecular weight is 311 g/mol. The van der Waals surface area contributed by atoms with Gasteiger partial charge in [0.1, 0.15) is 5.17 Å². The normalized spacial score (nSPS) is 24.5. The van der Waals surface area contributed by atoms with E-state index in [2.05, 4.69) is 27.2 Å². The van der Waals surface area contributed by atoms with Gasteiger partial charge in [-0.05, 0) is 18.1 Å². The van der Waals surface area contributed by atoms with E-state index in [1.165, 1.54) is 0 Å². The molecule has 2 aliphatic heterocycles. The van der Waals surface area contributed by atoms with Gasteiger partial charge in [-0.2, -0.15) is 0 Å². The Morgan fingerprint density at radius 1 is 1.62 bits per heavy atom. The van der Waals surface area contributed by atoms with Crippen molar-refractivity contribution >= 4 is 22.7 Å². The Labute approximate surface area is 126 Å². The molecule has 0 aromatic carbocycles. The molecule has 3 aliphatic rings. The van der Waals surface area contributed by atoms with E-state index in [1.807, 2.05) is 11.0 Å². The molecule has 1 aliphatic carbocycles. The molecular formula is C12H15ClN6O2. The van der Waals surface area contributed by atoms with Gasteiger partial charge in [0.2, 0.25) is 0 Å². The standard InChI is InChI=1S/C12H15ClN6O2/c1-2-3-17-6-15-12(16-19(20)21)18(7-17)10-8-4-9(10)11(13)14-5-8/h4-5,10H,2-3,6-7H2,1H3,(H,15,16). The van der Waals surface area contributed by atoms with Crippen LogP contribution in [0.4, 0.5) is 0 Å². The maximum Gasteiger partial charge on any atom is 0.260 e. The monoisotopic (exact) mass is 310 g/mol. The topological polar surface area (TPSA) is 86.4 Å². The first-order valence-electron chi connectivity index (χ1n) is 6.70. The quantitative estimate of drug-likeness (QED) is 0.616. The SMILES string of the molecule is CCCN1CN=C(N[N+](=O)[O-])N(C2c3cnc(Cl)c2c3)C1. The summed E-state index contributed by atoms with van der Waals surface area (Å²) in [6, 6.07) is -0.110. The Morgan fingerprint density at radius 3 is 3.05 bits per heavy atom. The van der Waals surface area contributed by atoms with Gasteiger partial charge in [0.25, 0.3) is 5.96 Å². The first kappa shape index (κ1) is 14.0. The fraction of sp³-hybridized carbons (Fsp3) is 0.500. The summed E-state index contributed by atoms with van der Waals surface area (Å²) in [6.45, 7) is 3.99. The number of fused-ring (bicyclic) bond motifs is 2. The lowest BCUT2D eigenvalue weighted by Gasteiger charge is -2.44. The van der Waals surface area contributed by atoms with Crippen molar-refractivity contribution in [1.82, 2.24) is 15.2 Å². The van der Waals surface area contributed by atoms with Crippen molar-refractivity contribution in [3.05, 3.63) is 33.5 Å². The minimum absolute atomic E-state index is 0.110. The highest BCUT2D eigenvalue weighted by atomic mass is 35.5. The van der Waals surface area contributed by atoms with Crippen LogP contribution in [0.5, 0.6) is 0 Å². The van der Waals surface area contributed by atoms with Gasteiger partial charge in [-0.25, -0.2) is 20.1 Å². The van der Waals surface area contributed by atoms with Crippen LogP contribution in [-0.2, 0) is 0 Å². The van der Waals surface area contributed by atoms with Crippen molar-refractivity contribution in [2.45, 2.75) is 19.4 Å². The van der Waals surface area contributed by atoms with Crippen LogP contribution in [0.3, 0.4) is 0 Å². The van der Waals surface area contributed by atoms with Gasteiger partial charge < -0.3 is 4.90 Å². The fourth-order valence-electron chi connectivity index (χ4n) is 2.68. The van der Waals surface area contributed by atoms with Crippen LogP contribution < -0.4 is 5.43 Å². The molecule has 3 rings (SSSR count). The van der Waals surface area contributed by atoms with E-state index in [4.69, 9.17) is 11.6 Å². The van der Waals surface area contributed by atoms with Gasteiger partial charge in [0.05, 0.1) is 19.4 Å². The smallest absolute Gasteiger partial charge is 0.260 e.